The predicted molar refractivity (Wildman–Crippen MR) is 82.7 cm³/mol. The average Bonchev–Trinajstić information content (AvgIpc) is 2.94. The maximum atomic E-state index is 11.6. The minimum Gasteiger partial charge on any atom is -0.491 e. The van der Waals surface area contributed by atoms with E-state index in [1.165, 1.54) is 0 Å². The van der Waals surface area contributed by atoms with E-state index in [1.807, 2.05) is 17.5 Å². The number of halogens is 2. The number of thiophene rings is 1. The Morgan fingerprint density at radius 2 is 2.10 bits per heavy atom. The van der Waals surface area contributed by atoms with Crippen molar-refractivity contribution < 1.29 is 9.53 Å². The molecule has 0 bridgehead atoms. The van der Waals surface area contributed by atoms with E-state index >= 15 is 0 Å². The van der Waals surface area contributed by atoms with Crippen LogP contribution in [-0.4, -0.2) is 12.5 Å². The molecule has 0 fully saturated rings. The Kier molecular flexibility index (Phi) is 5.71. The number of rotatable bonds is 6. The third-order valence-corrected chi connectivity index (χ3v) is 4.22. The first-order chi connectivity index (χ1) is 9.66. The van der Waals surface area contributed by atoms with Crippen molar-refractivity contribution in [3.8, 4) is 5.75 Å². The van der Waals surface area contributed by atoms with Gasteiger partial charge in [-0.3, -0.25) is 4.79 Å². The lowest BCUT2D eigenvalue weighted by atomic mass is 10.3. The summed E-state index contributed by atoms with van der Waals surface area (Å²) < 4.78 is 5.45. The minimum absolute atomic E-state index is 0.0587. The molecule has 20 heavy (non-hydrogen) atoms. The third kappa shape index (κ3) is 4.40. The SMILES string of the molecule is O=C(CCOc1cccc(Cl)c1Cl)NCc1cccs1. The zero-order valence-corrected chi connectivity index (χ0v) is 12.9. The molecule has 2 aromatic rings. The summed E-state index contributed by atoms with van der Waals surface area (Å²) in [5, 5.41) is 5.61. The van der Waals surface area contributed by atoms with Gasteiger partial charge in [0.25, 0.3) is 0 Å². The quantitative estimate of drug-likeness (QED) is 0.864. The van der Waals surface area contributed by atoms with Gasteiger partial charge in [0.1, 0.15) is 10.8 Å². The summed E-state index contributed by atoms with van der Waals surface area (Å²) in [4.78, 5) is 12.8. The Bertz CT molecular complexity index is 573. The Hall–Kier alpha value is -1.23. The van der Waals surface area contributed by atoms with Crippen molar-refractivity contribution in [3.05, 3.63) is 50.6 Å². The van der Waals surface area contributed by atoms with Crippen LogP contribution in [0.4, 0.5) is 0 Å². The van der Waals surface area contributed by atoms with Gasteiger partial charge in [-0.1, -0.05) is 35.3 Å². The smallest absolute Gasteiger partial charge is 0.223 e. The first kappa shape index (κ1) is 15.2. The van der Waals surface area contributed by atoms with E-state index in [0.29, 0.717) is 22.3 Å². The summed E-state index contributed by atoms with van der Waals surface area (Å²) in [6.45, 7) is 0.810. The molecular weight excluding hydrogens is 317 g/mol. The van der Waals surface area contributed by atoms with Crippen LogP contribution < -0.4 is 10.1 Å². The Labute approximate surface area is 131 Å². The summed E-state index contributed by atoms with van der Waals surface area (Å²) in [7, 11) is 0. The van der Waals surface area contributed by atoms with Gasteiger partial charge in [-0.2, -0.15) is 0 Å². The highest BCUT2D eigenvalue weighted by molar-refractivity contribution is 7.09. The van der Waals surface area contributed by atoms with Gasteiger partial charge >= 0.3 is 0 Å². The highest BCUT2D eigenvalue weighted by atomic mass is 35.5. The topological polar surface area (TPSA) is 38.3 Å². The Balaban J connectivity index is 1.72. The maximum Gasteiger partial charge on any atom is 0.223 e. The normalized spacial score (nSPS) is 10.3. The Morgan fingerprint density at radius 1 is 1.25 bits per heavy atom. The third-order valence-electron chi connectivity index (χ3n) is 2.54. The summed E-state index contributed by atoms with van der Waals surface area (Å²) in [6, 6.07) is 9.09. The molecule has 106 valence electrons. The van der Waals surface area contributed by atoms with Crippen LogP contribution in [0.5, 0.6) is 5.75 Å². The largest absolute Gasteiger partial charge is 0.491 e. The molecule has 0 radical (unpaired) electrons. The molecular formula is C14H13Cl2NO2S. The van der Waals surface area contributed by atoms with Crippen molar-refractivity contribution in [1.29, 1.82) is 0 Å². The van der Waals surface area contributed by atoms with Crippen molar-refractivity contribution in [3.63, 3.8) is 0 Å². The predicted octanol–water partition coefficient (Wildman–Crippen LogP) is 4.14. The van der Waals surface area contributed by atoms with Gasteiger partial charge in [-0.25, -0.2) is 0 Å². The molecule has 1 aromatic heterocycles. The van der Waals surface area contributed by atoms with Crippen LogP contribution in [0.3, 0.4) is 0 Å². The molecule has 0 spiro atoms. The fourth-order valence-electron chi connectivity index (χ4n) is 1.54. The van der Waals surface area contributed by atoms with Crippen LogP contribution >= 0.6 is 34.5 Å². The molecule has 0 atom stereocenters. The van der Waals surface area contributed by atoms with E-state index in [4.69, 9.17) is 27.9 Å². The van der Waals surface area contributed by atoms with Gasteiger partial charge in [-0.15, -0.1) is 11.3 Å². The van der Waals surface area contributed by atoms with Gasteiger partial charge < -0.3 is 10.1 Å². The fourth-order valence-corrected chi connectivity index (χ4v) is 2.53. The van der Waals surface area contributed by atoms with Crippen molar-refractivity contribution in [2.45, 2.75) is 13.0 Å². The second kappa shape index (κ2) is 7.53. The molecule has 1 N–H and O–H groups in total. The summed E-state index contributed by atoms with van der Waals surface area (Å²) in [5.41, 5.74) is 0. The molecule has 1 aromatic carbocycles. The van der Waals surface area contributed by atoms with Gasteiger partial charge in [0.15, 0.2) is 0 Å². The molecule has 0 aliphatic heterocycles. The van der Waals surface area contributed by atoms with Crippen LogP contribution in [0.2, 0.25) is 10.0 Å². The number of hydrogen-bond donors (Lipinski definition) is 1. The highest BCUT2D eigenvalue weighted by Crippen LogP contribution is 2.31. The number of carbonyl (C=O) groups excluding carboxylic acids is 1. The van der Waals surface area contributed by atoms with E-state index in [9.17, 15) is 4.79 Å². The standard InChI is InChI=1S/C14H13Cl2NO2S/c15-11-4-1-5-12(14(11)16)19-7-6-13(18)17-9-10-3-2-8-20-10/h1-5,8H,6-7,9H2,(H,17,18). The molecule has 3 nitrogen and oxygen atoms in total. The maximum absolute atomic E-state index is 11.6. The molecule has 0 saturated carbocycles. The first-order valence-corrected chi connectivity index (χ1v) is 7.66. The van der Waals surface area contributed by atoms with Crippen LogP contribution in [-0.2, 0) is 11.3 Å². The number of benzene rings is 1. The molecule has 0 saturated heterocycles. The molecule has 1 amide bonds. The highest BCUT2D eigenvalue weighted by Gasteiger charge is 2.07. The average molecular weight is 330 g/mol. The van der Waals surface area contributed by atoms with Crippen molar-refractivity contribution in [2.75, 3.05) is 6.61 Å². The molecule has 1 heterocycles. The zero-order valence-electron chi connectivity index (χ0n) is 10.6. The van der Waals surface area contributed by atoms with Gasteiger partial charge in [0, 0.05) is 4.88 Å². The second-order valence-corrected chi connectivity index (χ2v) is 5.82. The first-order valence-electron chi connectivity index (χ1n) is 6.02. The van der Waals surface area contributed by atoms with E-state index in [-0.39, 0.29) is 18.9 Å². The molecule has 2 rings (SSSR count). The number of nitrogens with one attached hydrogen (secondary N) is 1. The van der Waals surface area contributed by atoms with Crippen molar-refractivity contribution in [1.82, 2.24) is 5.32 Å². The molecule has 0 aliphatic carbocycles. The Morgan fingerprint density at radius 3 is 2.85 bits per heavy atom. The van der Waals surface area contributed by atoms with Crippen LogP contribution in [0.25, 0.3) is 0 Å². The monoisotopic (exact) mass is 329 g/mol. The van der Waals surface area contributed by atoms with Crippen LogP contribution in [0.15, 0.2) is 35.7 Å². The lowest BCUT2D eigenvalue weighted by Gasteiger charge is -2.08. The summed E-state index contributed by atoms with van der Waals surface area (Å²) in [5.74, 6) is 0.432. The summed E-state index contributed by atoms with van der Waals surface area (Å²) >= 11 is 13.5. The number of ether oxygens (including phenoxy) is 1. The van der Waals surface area contributed by atoms with Crippen molar-refractivity contribution >= 4 is 40.4 Å². The van der Waals surface area contributed by atoms with E-state index < -0.39 is 0 Å². The van der Waals surface area contributed by atoms with E-state index in [0.717, 1.165) is 4.88 Å². The summed E-state index contributed by atoms with van der Waals surface area (Å²) in [6.07, 6.45) is 0.272. The van der Waals surface area contributed by atoms with Crippen molar-refractivity contribution in [2.24, 2.45) is 0 Å². The lowest BCUT2D eigenvalue weighted by Crippen LogP contribution is -2.24. The van der Waals surface area contributed by atoms with Gasteiger partial charge in [-0.05, 0) is 23.6 Å². The molecule has 6 heteroatoms. The van der Waals surface area contributed by atoms with Gasteiger partial charge in [0.05, 0.1) is 24.6 Å². The number of amides is 1. The zero-order chi connectivity index (χ0) is 14.4. The van der Waals surface area contributed by atoms with Crippen LogP contribution in [0.1, 0.15) is 11.3 Å². The lowest BCUT2D eigenvalue weighted by molar-refractivity contribution is -0.121. The second-order valence-electron chi connectivity index (χ2n) is 4.01. The number of hydrogen-bond acceptors (Lipinski definition) is 3. The fraction of sp³-hybridized carbons (Fsp3) is 0.214. The van der Waals surface area contributed by atoms with E-state index in [2.05, 4.69) is 5.32 Å². The number of carbonyl (C=O) groups is 1. The molecule has 0 unspecified atom stereocenters. The molecule has 0 aliphatic rings. The van der Waals surface area contributed by atoms with Crippen LogP contribution in [0, 0.1) is 0 Å². The minimum atomic E-state index is -0.0587. The van der Waals surface area contributed by atoms with Gasteiger partial charge in [0.2, 0.25) is 5.91 Å². The van der Waals surface area contributed by atoms with E-state index in [1.54, 1.807) is 29.5 Å².